The van der Waals surface area contributed by atoms with E-state index in [4.69, 9.17) is 0 Å². The summed E-state index contributed by atoms with van der Waals surface area (Å²) in [6, 6.07) is 30.0. The van der Waals surface area contributed by atoms with Crippen molar-refractivity contribution in [2.24, 2.45) is 0 Å². The first kappa shape index (κ1) is 19.7. The van der Waals surface area contributed by atoms with Crippen molar-refractivity contribution in [3.05, 3.63) is 130 Å². The smallest absolute Gasteiger partial charge is 0.306 e. The lowest BCUT2D eigenvalue weighted by molar-refractivity contribution is -0.383. The van der Waals surface area contributed by atoms with Crippen molar-refractivity contribution in [1.29, 1.82) is 0 Å². The predicted molar refractivity (Wildman–Crippen MR) is 127 cm³/mol. The van der Waals surface area contributed by atoms with E-state index in [1.54, 1.807) is 20.2 Å². The van der Waals surface area contributed by atoms with E-state index >= 15 is 0 Å². The molecular formula is C25H19BN4O2. The van der Waals surface area contributed by atoms with E-state index in [0.29, 0.717) is 11.2 Å². The highest BCUT2D eigenvalue weighted by atomic mass is 16.6. The van der Waals surface area contributed by atoms with E-state index in [1.807, 2.05) is 95.6 Å². The van der Waals surface area contributed by atoms with Crippen molar-refractivity contribution in [3.8, 4) is 0 Å². The van der Waals surface area contributed by atoms with E-state index in [1.165, 1.54) is 0 Å². The normalized spacial score (nSPS) is 11.5. The highest BCUT2D eigenvalue weighted by molar-refractivity contribution is 6.30. The van der Waals surface area contributed by atoms with Crippen molar-refractivity contribution in [3.63, 3.8) is 0 Å². The van der Waals surface area contributed by atoms with Crippen LogP contribution >= 0.6 is 0 Å². The van der Waals surface area contributed by atoms with Crippen LogP contribution < -0.4 is 5.59 Å². The minimum atomic E-state index is -0.889. The zero-order valence-corrected chi connectivity index (χ0v) is 17.4. The van der Waals surface area contributed by atoms with Gasteiger partial charge in [-0.3, -0.25) is 15.1 Å². The molecule has 0 fully saturated rings. The molecule has 3 aromatic carbocycles. The van der Waals surface area contributed by atoms with Gasteiger partial charge in [-0.25, -0.2) is 4.98 Å². The third-order valence-corrected chi connectivity index (χ3v) is 5.73. The van der Waals surface area contributed by atoms with Gasteiger partial charge in [0, 0.05) is 11.8 Å². The average molecular weight is 418 g/mol. The van der Waals surface area contributed by atoms with Gasteiger partial charge in [-0.15, -0.1) is 0 Å². The Morgan fingerprint density at radius 3 is 1.72 bits per heavy atom. The minimum Gasteiger partial charge on any atom is -0.306 e. The molecule has 32 heavy (non-hydrogen) atoms. The Morgan fingerprint density at radius 2 is 1.28 bits per heavy atom. The van der Waals surface area contributed by atoms with E-state index in [9.17, 15) is 10.1 Å². The Bertz CT molecular complexity index is 1310. The van der Waals surface area contributed by atoms with Gasteiger partial charge in [0.2, 0.25) is 0 Å². The number of nitro groups is 1. The Labute approximate surface area is 185 Å². The molecule has 7 heteroatoms. The molecule has 0 aliphatic heterocycles. The molecular weight excluding hydrogens is 399 g/mol. The molecule has 0 amide bonds. The summed E-state index contributed by atoms with van der Waals surface area (Å²) >= 11 is 0. The summed E-state index contributed by atoms with van der Waals surface area (Å²) < 4.78 is 1.90. The minimum absolute atomic E-state index is 0.0663. The molecule has 0 N–H and O–H groups in total. The molecule has 2 heterocycles. The van der Waals surface area contributed by atoms with Crippen LogP contribution in [0.4, 0.5) is 5.69 Å². The van der Waals surface area contributed by atoms with E-state index in [-0.39, 0.29) is 11.2 Å². The number of aromatic nitrogens is 3. The zero-order chi connectivity index (χ0) is 22.1. The van der Waals surface area contributed by atoms with E-state index < -0.39 is 10.5 Å². The number of fused-ring (bicyclic) bond motifs is 1. The Hall–Kier alpha value is -4.26. The molecule has 0 aliphatic rings. The third kappa shape index (κ3) is 2.98. The van der Waals surface area contributed by atoms with Gasteiger partial charge in [0.1, 0.15) is 5.54 Å². The molecule has 0 atom stereocenters. The van der Waals surface area contributed by atoms with Crippen molar-refractivity contribution < 1.29 is 4.92 Å². The summed E-state index contributed by atoms with van der Waals surface area (Å²) in [4.78, 5) is 20.7. The molecule has 0 spiro atoms. The van der Waals surface area contributed by atoms with Gasteiger partial charge in [-0.1, -0.05) is 91.0 Å². The maximum atomic E-state index is 12.0. The average Bonchev–Trinajstić information content (AvgIpc) is 3.21. The van der Waals surface area contributed by atoms with E-state index in [0.717, 1.165) is 16.7 Å². The lowest BCUT2D eigenvalue weighted by atomic mass is 9.76. The fourth-order valence-corrected chi connectivity index (χ4v) is 4.41. The van der Waals surface area contributed by atoms with Gasteiger partial charge < -0.3 is 4.57 Å². The number of hydrogen-bond acceptors (Lipinski definition) is 4. The van der Waals surface area contributed by atoms with Gasteiger partial charge in [0.05, 0.1) is 11.1 Å². The van der Waals surface area contributed by atoms with Crippen molar-refractivity contribution in [2.75, 3.05) is 0 Å². The summed E-state index contributed by atoms with van der Waals surface area (Å²) in [5.74, 6) is 0. The number of rotatable bonds is 5. The summed E-state index contributed by atoms with van der Waals surface area (Å²) in [6.07, 6.45) is 3.21. The van der Waals surface area contributed by atoms with Crippen LogP contribution in [0.15, 0.2) is 103 Å². The summed E-state index contributed by atoms with van der Waals surface area (Å²) in [6.45, 7) is 0. The monoisotopic (exact) mass is 418 g/mol. The van der Waals surface area contributed by atoms with Gasteiger partial charge in [-0.2, -0.15) is 0 Å². The Morgan fingerprint density at radius 1 is 0.812 bits per heavy atom. The fraction of sp³-hybridized carbons (Fsp3) is 0.0400. The molecule has 0 unspecified atom stereocenters. The lowest BCUT2D eigenvalue weighted by Crippen LogP contribution is -2.37. The molecule has 2 aromatic heterocycles. The second kappa shape index (κ2) is 7.78. The lowest BCUT2D eigenvalue weighted by Gasteiger charge is -2.37. The van der Waals surface area contributed by atoms with Gasteiger partial charge in [-0.05, 0) is 16.7 Å². The molecule has 5 rings (SSSR count). The summed E-state index contributed by atoms with van der Waals surface area (Å²) in [7, 11) is 1.78. The second-order valence-electron chi connectivity index (χ2n) is 7.63. The van der Waals surface area contributed by atoms with Crippen LogP contribution in [0.5, 0.6) is 0 Å². The zero-order valence-electron chi connectivity index (χ0n) is 17.4. The highest BCUT2D eigenvalue weighted by Crippen LogP contribution is 2.43. The second-order valence-corrected chi connectivity index (χ2v) is 7.63. The third-order valence-electron chi connectivity index (χ3n) is 5.73. The van der Waals surface area contributed by atoms with Crippen molar-refractivity contribution >= 4 is 30.3 Å². The molecule has 6 nitrogen and oxygen atoms in total. The number of benzene rings is 3. The van der Waals surface area contributed by atoms with Crippen LogP contribution in [0.2, 0.25) is 0 Å². The maximum absolute atomic E-state index is 12.0. The van der Waals surface area contributed by atoms with Gasteiger partial charge >= 0.3 is 5.69 Å². The quantitative estimate of drug-likeness (QED) is 0.190. The van der Waals surface area contributed by atoms with Crippen molar-refractivity contribution in [2.45, 2.75) is 5.54 Å². The Kier molecular flexibility index (Phi) is 4.79. The Balaban J connectivity index is 2.00. The molecule has 0 bridgehead atoms. The molecule has 0 saturated carbocycles. The number of nitrogens with zero attached hydrogens (tertiary/aromatic N) is 4. The van der Waals surface area contributed by atoms with Crippen molar-refractivity contribution in [1.82, 2.24) is 14.5 Å². The first-order chi connectivity index (χ1) is 15.6. The largest absolute Gasteiger partial charge is 0.314 e. The maximum Gasteiger partial charge on any atom is 0.314 e. The van der Waals surface area contributed by atoms with Gasteiger partial charge in [0.15, 0.2) is 19.0 Å². The molecule has 0 aliphatic carbocycles. The first-order valence-corrected chi connectivity index (χ1v) is 10.3. The van der Waals surface area contributed by atoms with Crippen LogP contribution in [0.3, 0.4) is 0 Å². The summed E-state index contributed by atoms with van der Waals surface area (Å²) in [5, 5.41) is 12.0. The highest BCUT2D eigenvalue weighted by Gasteiger charge is 2.41. The molecule has 0 saturated heterocycles. The van der Waals surface area contributed by atoms with Crippen LogP contribution in [0, 0.1) is 10.1 Å². The molecule has 0 radical (unpaired) electrons. The molecule has 5 aromatic rings. The fourth-order valence-electron chi connectivity index (χ4n) is 4.41. The SMILES string of the molecule is Bc1cnc2c(n1)c([N+](=O)[O-])cn2C(c1ccccc1)(c1ccccc1)c1ccccc1. The van der Waals surface area contributed by atoms with Crippen LogP contribution in [-0.2, 0) is 5.54 Å². The predicted octanol–water partition coefficient (Wildman–Crippen LogP) is 3.44. The van der Waals surface area contributed by atoms with E-state index in [2.05, 4.69) is 9.97 Å². The van der Waals surface area contributed by atoms with Crippen LogP contribution in [0.1, 0.15) is 16.7 Å². The number of hydrogen-bond donors (Lipinski definition) is 0. The molecule has 154 valence electrons. The van der Waals surface area contributed by atoms with Crippen LogP contribution in [-0.4, -0.2) is 27.3 Å². The van der Waals surface area contributed by atoms with Crippen LogP contribution in [0.25, 0.3) is 11.2 Å². The topological polar surface area (TPSA) is 73.8 Å². The summed E-state index contributed by atoms with van der Waals surface area (Å²) in [5.41, 5.74) is 3.30. The van der Waals surface area contributed by atoms with Gasteiger partial charge in [0.25, 0.3) is 0 Å². The first-order valence-electron chi connectivity index (χ1n) is 10.3. The standard InChI is InChI=1S/C25H19BN4O2/c26-22-16-27-24-23(28-22)21(30(31)32)17-29(24)25(18-10-4-1-5-11-18,19-12-6-2-7-13-19)20-14-8-3-9-15-20/h1-17H,26H2.